The lowest BCUT2D eigenvalue weighted by Gasteiger charge is -2.36. The Kier molecular flexibility index (Phi) is 5.18. The molecular weight excluding hydrogens is 224 g/mol. The number of rotatable bonds is 4. The normalized spacial score (nSPS) is 24.7. The molecule has 0 spiro atoms. The molecule has 0 aliphatic heterocycles. The lowest BCUT2D eigenvalue weighted by atomic mass is 9.68. The van der Waals surface area contributed by atoms with Crippen LogP contribution < -0.4 is 0 Å². The maximum absolute atomic E-state index is 11.0. The summed E-state index contributed by atoms with van der Waals surface area (Å²) in [5, 5.41) is 0. The minimum absolute atomic E-state index is 0.0898. The minimum Gasteiger partial charge on any atom is -0.458 e. The molecule has 0 fully saturated rings. The van der Waals surface area contributed by atoms with E-state index in [2.05, 4.69) is 39.0 Å². The molecule has 2 nitrogen and oxygen atoms in total. The van der Waals surface area contributed by atoms with Gasteiger partial charge >= 0.3 is 5.97 Å². The summed E-state index contributed by atoms with van der Waals surface area (Å²) in [7, 11) is 0. The Morgan fingerprint density at radius 3 is 2.78 bits per heavy atom. The van der Waals surface area contributed by atoms with Crippen molar-refractivity contribution in [2.75, 3.05) is 0 Å². The van der Waals surface area contributed by atoms with Crippen LogP contribution in [0.25, 0.3) is 0 Å². The molecule has 18 heavy (non-hydrogen) atoms. The van der Waals surface area contributed by atoms with Gasteiger partial charge in [-0.3, -0.25) is 4.79 Å². The molecule has 0 N–H and O–H groups in total. The molecule has 1 aliphatic carbocycles. The van der Waals surface area contributed by atoms with Crippen molar-refractivity contribution in [1.29, 1.82) is 0 Å². The van der Waals surface area contributed by atoms with Gasteiger partial charge in [-0.15, -0.1) is 0 Å². The molecule has 2 unspecified atom stereocenters. The molecule has 0 bridgehead atoms. The van der Waals surface area contributed by atoms with Gasteiger partial charge in [0, 0.05) is 12.8 Å². The summed E-state index contributed by atoms with van der Waals surface area (Å²) in [5.74, 6) is 0.248. The molecule has 0 aromatic heterocycles. The maximum Gasteiger partial charge on any atom is 0.303 e. The summed E-state index contributed by atoms with van der Waals surface area (Å²) in [4.78, 5) is 11.0. The minimum atomic E-state index is -0.207. The lowest BCUT2D eigenvalue weighted by Crippen LogP contribution is -2.26. The molecule has 0 saturated heterocycles. The number of esters is 1. The summed E-state index contributed by atoms with van der Waals surface area (Å²) in [5.41, 5.74) is 1.73. The summed E-state index contributed by atoms with van der Waals surface area (Å²) < 4.78 is 5.25. The maximum atomic E-state index is 11.0. The third kappa shape index (κ3) is 4.01. The van der Waals surface area contributed by atoms with E-state index < -0.39 is 0 Å². The van der Waals surface area contributed by atoms with Crippen molar-refractivity contribution >= 4 is 5.97 Å². The Labute approximate surface area is 111 Å². The molecule has 102 valence electrons. The molecule has 0 radical (unpaired) electrons. The van der Waals surface area contributed by atoms with Crippen LogP contribution in [0.3, 0.4) is 0 Å². The van der Waals surface area contributed by atoms with E-state index in [1.54, 1.807) is 0 Å². The summed E-state index contributed by atoms with van der Waals surface area (Å²) in [6.45, 7) is 10.3. The van der Waals surface area contributed by atoms with E-state index in [1.807, 2.05) is 6.92 Å². The van der Waals surface area contributed by atoms with Gasteiger partial charge in [0.15, 0.2) is 0 Å². The highest BCUT2D eigenvalue weighted by molar-refractivity contribution is 5.66. The van der Waals surface area contributed by atoms with Gasteiger partial charge in [-0.2, -0.15) is 0 Å². The molecule has 0 aromatic carbocycles. The first-order valence-corrected chi connectivity index (χ1v) is 6.89. The van der Waals surface area contributed by atoms with Crippen molar-refractivity contribution in [2.24, 2.45) is 11.3 Å². The number of hydrogen-bond donors (Lipinski definition) is 0. The third-order valence-electron chi connectivity index (χ3n) is 3.83. The standard InChI is InChI=1S/C16H26O2/c1-6-14(18-13(3)17)9-10-15-12(2)8-7-11-16(15,4)5/h8-10,14-15H,6-7,11H2,1-5H3. The highest BCUT2D eigenvalue weighted by atomic mass is 16.5. The zero-order chi connectivity index (χ0) is 13.8. The van der Waals surface area contributed by atoms with Crippen LogP contribution in [0.2, 0.25) is 0 Å². The van der Waals surface area contributed by atoms with Gasteiger partial charge in [0.1, 0.15) is 6.10 Å². The van der Waals surface area contributed by atoms with Crippen LogP contribution in [0, 0.1) is 11.3 Å². The molecule has 0 aromatic rings. The predicted octanol–water partition coefficient (Wildman–Crippen LogP) is 4.27. The second-order valence-corrected chi connectivity index (χ2v) is 5.89. The van der Waals surface area contributed by atoms with Crippen molar-refractivity contribution in [2.45, 2.75) is 60.0 Å². The zero-order valence-corrected chi connectivity index (χ0v) is 12.3. The number of carbonyl (C=O) groups is 1. The SMILES string of the molecule is CCC(C=CC1C(C)=CCCC1(C)C)OC(C)=O. The van der Waals surface area contributed by atoms with E-state index in [4.69, 9.17) is 4.74 Å². The fraction of sp³-hybridized carbons (Fsp3) is 0.688. The highest BCUT2D eigenvalue weighted by Crippen LogP contribution is 2.41. The molecule has 0 amide bonds. The van der Waals surface area contributed by atoms with E-state index in [1.165, 1.54) is 25.3 Å². The number of hydrogen-bond acceptors (Lipinski definition) is 2. The van der Waals surface area contributed by atoms with Crippen LogP contribution in [-0.4, -0.2) is 12.1 Å². The number of ether oxygens (including phenoxy) is 1. The quantitative estimate of drug-likeness (QED) is 0.550. The van der Waals surface area contributed by atoms with Crippen molar-refractivity contribution in [3.05, 3.63) is 23.8 Å². The van der Waals surface area contributed by atoms with Crippen molar-refractivity contribution < 1.29 is 9.53 Å². The Balaban J connectivity index is 2.77. The van der Waals surface area contributed by atoms with Gasteiger partial charge in [-0.05, 0) is 37.7 Å². The van der Waals surface area contributed by atoms with E-state index in [0.717, 1.165) is 6.42 Å². The van der Waals surface area contributed by atoms with E-state index in [-0.39, 0.29) is 12.1 Å². The first kappa shape index (κ1) is 15.0. The number of carbonyl (C=O) groups excluding carboxylic acids is 1. The van der Waals surface area contributed by atoms with Crippen molar-refractivity contribution in [3.63, 3.8) is 0 Å². The fourth-order valence-electron chi connectivity index (χ4n) is 2.69. The van der Waals surface area contributed by atoms with Crippen LogP contribution >= 0.6 is 0 Å². The average Bonchev–Trinajstić information content (AvgIpc) is 2.25. The first-order valence-electron chi connectivity index (χ1n) is 6.89. The molecule has 0 saturated carbocycles. The zero-order valence-electron chi connectivity index (χ0n) is 12.3. The van der Waals surface area contributed by atoms with Crippen LogP contribution in [0.4, 0.5) is 0 Å². The lowest BCUT2D eigenvalue weighted by molar-refractivity contribution is -0.144. The Morgan fingerprint density at radius 2 is 2.28 bits per heavy atom. The molecule has 0 heterocycles. The number of allylic oxidation sites excluding steroid dienone is 3. The Hall–Kier alpha value is -1.05. The average molecular weight is 250 g/mol. The molecular formula is C16H26O2. The van der Waals surface area contributed by atoms with Crippen LogP contribution in [-0.2, 0) is 9.53 Å². The van der Waals surface area contributed by atoms with Gasteiger partial charge in [0.05, 0.1) is 0 Å². The fourth-order valence-corrected chi connectivity index (χ4v) is 2.69. The van der Waals surface area contributed by atoms with Gasteiger partial charge in [-0.25, -0.2) is 0 Å². The summed E-state index contributed by atoms with van der Waals surface area (Å²) >= 11 is 0. The Bertz CT molecular complexity index is 350. The summed E-state index contributed by atoms with van der Waals surface area (Å²) in [6, 6.07) is 0. The predicted molar refractivity (Wildman–Crippen MR) is 75.2 cm³/mol. The monoisotopic (exact) mass is 250 g/mol. The van der Waals surface area contributed by atoms with Crippen LogP contribution in [0.5, 0.6) is 0 Å². The smallest absolute Gasteiger partial charge is 0.303 e. The van der Waals surface area contributed by atoms with Gasteiger partial charge in [0.25, 0.3) is 0 Å². The first-order chi connectivity index (χ1) is 8.36. The van der Waals surface area contributed by atoms with E-state index >= 15 is 0 Å². The summed E-state index contributed by atoms with van der Waals surface area (Å²) in [6.07, 6.45) is 9.72. The second-order valence-electron chi connectivity index (χ2n) is 5.89. The van der Waals surface area contributed by atoms with Crippen LogP contribution in [0.1, 0.15) is 53.9 Å². The van der Waals surface area contributed by atoms with Gasteiger partial charge in [-0.1, -0.05) is 38.5 Å². The van der Waals surface area contributed by atoms with Gasteiger partial charge in [0.2, 0.25) is 0 Å². The van der Waals surface area contributed by atoms with Gasteiger partial charge < -0.3 is 4.74 Å². The highest BCUT2D eigenvalue weighted by Gasteiger charge is 2.30. The van der Waals surface area contributed by atoms with Crippen molar-refractivity contribution in [1.82, 2.24) is 0 Å². The second kappa shape index (κ2) is 6.21. The van der Waals surface area contributed by atoms with E-state index in [0.29, 0.717) is 11.3 Å². The Morgan fingerprint density at radius 1 is 1.61 bits per heavy atom. The van der Waals surface area contributed by atoms with E-state index in [9.17, 15) is 4.79 Å². The van der Waals surface area contributed by atoms with Crippen molar-refractivity contribution in [3.8, 4) is 0 Å². The largest absolute Gasteiger partial charge is 0.458 e. The van der Waals surface area contributed by atoms with Crippen LogP contribution in [0.15, 0.2) is 23.8 Å². The molecule has 1 rings (SSSR count). The molecule has 1 aliphatic rings. The molecule has 2 heteroatoms. The topological polar surface area (TPSA) is 26.3 Å². The third-order valence-corrected chi connectivity index (χ3v) is 3.83. The molecule has 2 atom stereocenters.